The SMILES string of the molecule is COc1ccc(CN2CCC(Nc3c(Cl)cnc4[nH]c(-c5ccc(N6CCN(Cc7ccccc7)C(=O)C6)cc5)nc34)CC2)cc1. The molecule has 0 radical (unpaired) electrons. The Morgan fingerprint density at radius 2 is 1.65 bits per heavy atom. The van der Waals surface area contributed by atoms with E-state index in [2.05, 4.69) is 61.5 Å². The highest BCUT2D eigenvalue weighted by Crippen LogP contribution is 2.33. The van der Waals surface area contributed by atoms with Crippen LogP contribution in [0.3, 0.4) is 0 Å². The molecule has 4 heterocycles. The van der Waals surface area contributed by atoms with Gasteiger partial charge in [0.25, 0.3) is 0 Å². The maximum absolute atomic E-state index is 12.9. The number of halogens is 1. The van der Waals surface area contributed by atoms with Gasteiger partial charge in [-0.3, -0.25) is 9.69 Å². The van der Waals surface area contributed by atoms with Crippen molar-refractivity contribution in [3.63, 3.8) is 0 Å². The molecule has 10 heteroatoms. The van der Waals surface area contributed by atoms with Crippen LogP contribution in [-0.4, -0.2) is 76.5 Å². The van der Waals surface area contributed by atoms with E-state index >= 15 is 0 Å². The number of aromatic nitrogens is 3. The Bertz CT molecular complexity index is 1790. The number of carbonyl (C=O) groups is 1. The summed E-state index contributed by atoms with van der Waals surface area (Å²) in [4.78, 5) is 32.3. The van der Waals surface area contributed by atoms with Gasteiger partial charge in [0.05, 0.1) is 30.6 Å². The van der Waals surface area contributed by atoms with Gasteiger partial charge in [0.2, 0.25) is 5.91 Å². The first-order valence-corrected chi connectivity index (χ1v) is 16.2. The average molecular weight is 636 g/mol. The summed E-state index contributed by atoms with van der Waals surface area (Å²) in [5.41, 5.74) is 6.68. The van der Waals surface area contributed by atoms with Crippen molar-refractivity contribution in [3.05, 3.63) is 101 Å². The van der Waals surface area contributed by atoms with E-state index in [0.717, 1.165) is 78.6 Å². The molecule has 2 fully saturated rings. The summed E-state index contributed by atoms with van der Waals surface area (Å²) in [5, 5.41) is 4.26. The van der Waals surface area contributed by atoms with Gasteiger partial charge in [0.1, 0.15) is 17.1 Å². The molecule has 2 aliphatic heterocycles. The number of ether oxygens (including phenoxy) is 1. The first kappa shape index (κ1) is 30.1. The predicted molar refractivity (Wildman–Crippen MR) is 183 cm³/mol. The second-order valence-electron chi connectivity index (χ2n) is 12.1. The smallest absolute Gasteiger partial charge is 0.242 e. The van der Waals surface area contributed by atoms with E-state index in [4.69, 9.17) is 21.3 Å². The molecule has 2 aliphatic rings. The monoisotopic (exact) mass is 635 g/mol. The number of methoxy groups -OCH3 is 1. The van der Waals surface area contributed by atoms with Crippen molar-refractivity contribution in [3.8, 4) is 17.1 Å². The fourth-order valence-electron chi connectivity index (χ4n) is 6.36. The van der Waals surface area contributed by atoms with Crippen LogP contribution in [0.2, 0.25) is 5.02 Å². The standard InChI is InChI=1S/C36H38ClN7O2/c1-46-30-13-7-26(8-14-30)22-42-17-15-28(16-18-42)39-33-31(37)21-38-36-34(33)40-35(41-36)27-9-11-29(12-10-27)43-19-20-44(32(45)24-43)23-25-5-3-2-4-6-25/h2-14,21,28H,15-20,22-24H2,1H3,(H2,38,39,40,41). The van der Waals surface area contributed by atoms with E-state index in [-0.39, 0.29) is 5.91 Å². The minimum absolute atomic E-state index is 0.141. The molecule has 5 aromatic rings. The van der Waals surface area contributed by atoms with Gasteiger partial charge in [0.15, 0.2) is 5.65 Å². The lowest BCUT2D eigenvalue weighted by Gasteiger charge is -2.35. The lowest BCUT2D eigenvalue weighted by atomic mass is 10.0. The molecule has 2 N–H and O–H groups in total. The topological polar surface area (TPSA) is 89.6 Å². The number of hydrogen-bond donors (Lipinski definition) is 2. The number of pyridine rings is 1. The second kappa shape index (κ2) is 13.4. The maximum atomic E-state index is 12.9. The van der Waals surface area contributed by atoms with Gasteiger partial charge < -0.3 is 24.8 Å². The van der Waals surface area contributed by atoms with Gasteiger partial charge in [-0.05, 0) is 60.4 Å². The maximum Gasteiger partial charge on any atom is 0.242 e. The Morgan fingerprint density at radius 3 is 2.37 bits per heavy atom. The van der Waals surface area contributed by atoms with Crippen molar-refractivity contribution in [1.29, 1.82) is 0 Å². The third-order valence-electron chi connectivity index (χ3n) is 9.01. The lowest BCUT2D eigenvalue weighted by molar-refractivity contribution is -0.131. The van der Waals surface area contributed by atoms with E-state index in [1.807, 2.05) is 47.4 Å². The third kappa shape index (κ3) is 6.66. The fourth-order valence-corrected chi connectivity index (χ4v) is 6.56. The molecule has 3 aromatic carbocycles. The highest BCUT2D eigenvalue weighted by molar-refractivity contribution is 6.34. The first-order valence-electron chi connectivity index (χ1n) is 15.9. The van der Waals surface area contributed by atoms with Crippen LogP contribution >= 0.6 is 11.6 Å². The fraction of sp³-hybridized carbons (Fsp3) is 0.306. The van der Waals surface area contributed by atoms with Crippen molar-refractivity contribution < 1.29 is 9.53 Å². The number of fused-ring (bicyclic) bond motifs is 1. The summed E-state index contributed by atoms with van der Waals surface area (Å²) < 4.78 is 5.29. The third-order valence-corrected chi connectivity index (χ3v) is 9.30. The number of nitrogens with zero attached hydrogens (tertiary/aromatic N) is 5. The normalized spacial score (nSPS) is 16.3. The highest BCUT2D eigenvalue weighted by Gasteiger charge is 2.25. The summed E-state index contributed by atoms with van der Waals surface area (Å²) in [6.45, 7) is 5.44. The Morgan fingerprint density at radius 1 is 0.913 bits per heavy atom. The van der Waals surface area contributed by atoms with E-state index in [1.165, 1.54) is 5.56 Å². The number of carbonyl (C=O) groups excluding carboxylic acids is 1. The van der Waals surface area contributed by atoms with Gasteiger partial charge in [-0.2, -0.15) is 0 Å². The molecule has 236 valence electrons. The number of nitrogens with one attached hydrogen (secondary N) is 2. The molecule has 1 amide bonds. The number of imidazole rings is 1. The number of amides is 1. The van der Waals surface area contributed by atoms with Crippen LogP contribution in [0.4, 0.5) is 11.4 Å². The van der Waals surface area contributed by atoms with Gasteiger partial charge in [-0.25, -0.2) is 9.97 Å². The van der Waals surface area contributed by atoms with Crippen molar-refractivity contribution in [2.24, 2.45) is 0 Å². The molecule has 0 bridgehead atoms. The molecule has 2 saturated heterocycles. The van der Waals surface area contributed by atoms with Crippen LogP contribution in [0.25, 0.3) is 22.6 Å². The molecule has 0 aliphatic carbocycles. The zero-order chi connectivity index (χ0) is 31.5. The number of piperidine rings is 1. The van der Waals surface area contributed by atoms with Gasteiger partial charge in [0, 0.05) is 56.6 Å². The lowest BCUT2D eigenvalue weighted by Crippen LogP contribution is -2.50. The van der Waals surface area contributed by atoms with Crippen LogP contribution in [0.15, 0.2) is 85.1 Å². The van der Waals surface area contributed by atoms with E-state index in [1.54, 1.807) is 13.3 Å². The molecule has 2 aromatic heterocycles. The summed E-state index contributed by atoms with van der Waals surface area (Å²) in [7, 11) is 1.69. The Balaban J connectivity index is 0.982. The van der Waals surface area contributed by atoms with Crippen LogP contribution in [0, 0.1) is 0 Å². The van der Waals surface area contributed by atoms with Gasteiger partial charge in [-0.1, -0.05) is 54.1 Å². The number of anilines is 2. The highest BCUT2D eigenvalue weighted by atomic mass is 35.5. The van der Waals surface area contributed by atoms with Crippen LogP contribution in [0.5, 0.6) is 5.75 Å². The number of aromatic amines is 1. The Labute approximate surface area is 274 Å². The Kier molecular flexibility index (Phi) is 8.76. The van der Waals surface area contributed by atoms with E-state index < -0.39 is 0 Å². The molecule has 46 heavy (non-hydrogen) atoms. The molecule has 0 unspecified atom stereocenters. The number of benzene rings is 3. The van der Waals surface area contributed by atoms with Gasteiger partial charge >= 0.3 is 0 Å². The van der Waals surface area contributed by atoms with E-state index in [0.29, 0.717) is 36.3 Å². The Hall–Kier alpha value is -4.60. The van der Waals surface area contributed by atoms with Crippen LogP contribution < -0.4 is 15.0 Å². The predicted octanol–water partition coefficient (Wildman–Crippen LogP) is 6.21. The zero-order valence-corrected chi connectivity index (χ0v) is 26.7. The minimum atomic E-state index is 0.141. The summed E-state index contributed by atoms with van der Waals surface area (Å²) in [5.74, 6) is 1.76. The van der Waals surface area contributed by atoms with Crippen LogP contribution in [-0.2, 0) is 17.9 Å². The minimum Gasteiger partial charge on any atom is -0.497 e. The summed E-state index contributed by atoms with van der Waals surface area (Å²) in [6.07, 6.45) is 3.71. The molecule has 0 atom stereocenters. The second-order valence-corrected chi connectivity index (χ2v) is 12.5. The van der Waals surface area contributed by atoms with Gasteiger partial charge in [-0.15, -0.1) is 0 Å². The quantitative estimate of drug-likeness (QED) is 0.199. The van der Waals surface area contributed by atoms with Crippen molar-refractivity contribution in [2.75, 3.05) is 50.1 Å². The van der Waals surface area contributed by atoms with Crippen molar-refractivity contribution in [1.82, 2.24) is 24.8 Å². The first-order chi connectivity index (χ1) is 22.5. The number of hydrogen-bond acceptors (Lipinski definition) is 7. The molecular weight excluding hydrogens is 598 g/mol. The number of likely N-dealkylation sites (tertiary alicyclic amines) is 1. The average Bonchev–Trinajstić information content (AvgIpc) is 3.53. The van der Waals surface area contributed by atoms with Crippen molar-refractivity contribution >= 4 is 40.0 Å². The molecule has 9 nitrogen and oxygen atoms in total. The zero-order valence-electron chi connectivity index (χ0n) is 26.0. The number of rotatable bonds is 9. The van der Waals surface area contributed by atoms with E-state index in [9.17, 15) is 4.79 Å². The largest absolute Gasteiger partial charge is 0.497 e. The molecule has 0 saturated carbocycles. The van der Waals surface area contributed by atoms with Crippen LogP contribution in [0.1, 0.15) is 24.0 Å². The summed E-state index contributed by atoms with van der Waals surface area (Å²) in [6, 6.07) is 26.9. The number of H-pyrrole nitrogens is 1. The molecule has 7 rings (SSSR count). The summed E-state index contributed by atoms with van der Waals surface area (Å²) >= 11 is 6.68. The molecular formula is C36H38ClN7O2. The molecule has 0 spiro atoms. The number of piperazine rings is 1. The van der Waals surface area contributed by atoms with Crippen molar-refractivity contribution in [2.45, 2.75) is 32.0 Å².